The molecule has 0 aliphatic heterocycles. The summed E-state index contributed by atoms with van der Waals surface area (Å²) in [7, 11) is 0. The molecule has 0 bridgehead atoms. The standard InChI is InChI=1S/C11H10BrNO/c1-7-11(10(14)6-12)8-4-2-3-5-9(8)13-7/h2-5,13H,6H2,1H3. The third kappa shape index (κ3) is 1.38. The van der Waals surface area contributed by atoms with Gasteiger partial charge in [0, 0.05) is 22.2 Å². The van der Waals surface area contributed by atoms with E-state index in [1.54, 1.807) is 0 Å². The van der Waals surface area contributed by atoms with Crippen molar-refractivity contribution < 1.29 is 4.79 Å². The van der Waals surface area contributed by atoms with Gasteiger partial charge in [0.1, 0.15) is 0 Å². The van der Waals surface area contributed by atoms with Crippen LogP contribution in [0.1, 0.15) is 16.1 Å². The molecule has 0 aliphatic carbocycles. The Balaban J connectivity index is 2.74. The molecule has 1 heterocycles. The van der Waals surface area contributed by atoms with Gasteiger partial charge in [-0.1, -0.05) is 34.1 Å². The number of carbonyl (C=O) groups is 1. The number of nitrogens with one attached hydrogen (secondary N) is 1. The molecule has 2 aromatic rings. The highest BCUT2D eigenvalue weighted by atomic mass is 79.9. The number of carbonyl (C=O) groups excluding carboxylic acids is 1. The lowest BCUT2D eigenvalue weighted by Gasteiger charge is -1.95. The molecular formula is C11H10BrNO. The predicted molar refractivity (Wildman–Crippen MR) is 61.2 cm³/mol. The number of aromatic nitrogens is 1. The summed E-state index contributed by atoms with van der Waals surface area (Å²) in [5, 5.41) is 1.38. The minimum atomic E-state index is 0.125. The number of halogens is 1. The second kappa shape index (κ2) is 3.58. The Bertz CT molecular complexity index is 487. The van der Waals surface area contributed by atoms with Crippen molar-refractivity contribution in [3.05, 3.63) is 35.5 Å². The molecule has 0 saturated carbocycles. The summed E-state index contributed by atoms with van der Waals surface area (Å²) in [5.41, 5.74) is 2.77. The molecule has 0 spiro atoms. The van der Waals surface area contributed by atoms with Crippen LogP contribution in [-0.2, 0) is 0 Å². The van der Waals surface area contributed by atoms with E-state index in [0.717, 1.165) is 22.2 Å². The number of aryl methyl sites for hydroxylation is 1. The SMILES string of the molecule is Cc1[nH]c2ccccc2c1C(=O)CBr. The predicted octanol–water partition coefficient (Wildman–Crippen LogP) is 3.05. The third-order valence-corrected chi connectivity index (χ3v) is 2.80. The molecule has 14 heavy (non-hydrogen) atoms. The Kier molecular flexibility index (Phi) is 2.42. The number of para-hydroxylation sites is 1. The lowest BCUT2D eigenvalue weighted by molar-refractivity contribution is 0.102. The smallest absolute Gasteiger partial charge is 0.175 e. The van der Waals surface area contributed by atoms with E-state index in [1.165, 1.54) is 0 Å². The first kappa shape index (κ1) is 9.46. The van der Waals surface area contributed by atoms with Crippen LogP contribution in [-0.4, -0.2) is 16.1 Å². The quantitative estimate of drug-likeness (QED) is 0.646. The average Bonchev–Trinajstić information content (AvgIpc) is 2.53. The number of fused-ring (bicyclic) bond motifs is 1. The minimum Gasteiger partial charge on any atom is -0.358 e. The fraction of sp³-hybridized carbons (Fsp3) is 0.182. The summed E-state index contributed by atoms with van der Waals surface area (Å²) >= 11 is 3.19. The van der Waals surface area contributed by atoms with Crippen LogP contribution < -0.4 is 0 Å². The van der Waals surface area contributed by atoms with E-state index in [-0.39, 0.29) is 5.78 Å². The van der Waals surface area contributed by atoms with Crippen molar-refractivity contribution in [2.45, 2.75) is 6.92 Å². The first-order valence-corrected chi connectivity index (χ1v) is 5.52. The lowest BCUT2D eigenvalue weighted by Crippen LogP contribution is -2.00. The van der Waals surface area contributed by atoms with Crippen LogP contribution >= 0.6 is 15.9 Å². The summed E-state index contributed by atoms with van der Waals surface area (Å²) in [6.45, 7) is 1.93. The largest absolute Gasteiger partial charge is 0.358 e. The van der Waals surface area contributed by atoms with Gasteiger partial charge in [0.15, 0.2) is 5.78 Å². The first-order chi connectivity index (χ1) is 6.74. The molecular weight excluding hydrogens is 242 g/mol. The van der Waals surface area contributed by atoms with Crippen LogP contribution in [0.5, 0.6) is 0 Å². The van der Waals surface area contributed by atoms with Gasteiger partial charge in [-0.05, 0) is 13.0 Å². The molecule has 0 amide bonds. The maximum Gasteiger partial charge on any atom is 0.175 e. The van der Waals surface area contributed by atoms with Gasteiger partial charge in [0.2, 0.25) is 0 Å². The number of H-pyrrole nitrogens is 1. The Labute approximate surface area is 90.4 Å². The number of Topliss-reactive ketones (excluding diaryl/α,β-unsaturated/α-hetero) is 1. The van der Waals surface area contributed by atoms with Gasteiger partial charge in [-0.15, -0.1) is 0 Å². The van der Waals surface area contributed by atoms with Gasteiger partial charge < -0.3 is 4.98 Å². The number of ketones is 1. The van der Waals surface area contributed by atoms with Crippen LogP contribution in [0.25, 0.3) is 10.9 Å². The van der Waals surface area contributed by atoms with Gasteiger partial charge in [-0.2, -0.15) is 0 Å². The zero-order valence-corrected chi connectivity index (χ0v) is 9.39. The maximum absolute atomic E-state index is 11.6. The van der Waals surface area contributed by atoms with Crippen LogP contribution in [0.3, 0.4) is 0 Å². The number of hydrogen-bond donors (Lipinski definition) is 1. The topological polar surface area (TPSA) is 32.9 Å². The van der Waals surface area contributed by atoms with E-state index >= 15 is 0 Å². The van der Waals surface area contributed by atoms with Crippen molar-refractivity contribution in [1.29, 1.82) is 0 Å². The minimum absolute atomic E-state index is 0.125. The molecule has 2 rings (SSSR count). The zero-order chi connectivity index (χ0) is 10.1. The molecule has 1 aromatic carbocycles. The summed E-state index contributed by atoms with van der Waals surface area (Å²) in [4.78, 5) is 14.8. The van der Waals surface area contributed by atoms with E-state index in [9.17, 15) is 4.79 Å². The van der Waals surface area contributed by atoms with Gasteiger partial charge in [-0.25, -0.2) is 0 Å². The van der Waals surface area contributed by atoms with Crippen molar-refractivity contribution in [3.8, 4) is 0 Å². The number of aromatic amines is 1. The average molecular weight is 252 g/mol. The highest BCUT2D eigenvalue weighted by Crippen LogP contribution is 2.22. The second-order valence-corrected chi connectivity index (χ2v) is 3.79. The lowest BCUT2D eigenvalue weighted by atomic mass is 10.1. The monoisotopic (exact) mass is 251 g/mol. The molecule has 1 N–H and O–H groups in total. The summed E-state index contributed by atoms with van der Waals surface area (Å²) in [5.74, 6) is 0.125. The van der Waals surface area contributed by atoms with Crippen LogP contribution in [0.4, 0.5) is 0 Å². The van der Waals surface area contributed by atoms with E-state index in [4.69, 9.17) is 0 Å². The number of rotatable bonds is 2. The molecule has 0 saturated heterocycles. The number of alkyl halides is 1. The van der Waals surface area contributed by atoms with Crippen molar-refractivity contribution >= 4 is 32.6 Å². The Morgan fingerprint density at radius 1 is 1.43 bits per heavy atom. The highest BCUT2D eigenvalue weighted by Gasteiger charge is 2.13. The van der Waals surface area contributed by atoms with E-state index < -0.39 is 0 Å². The fourth-order valence-electron chi connectivity index (χ4n) is 1.70. The zero-order valence-electron chi connectivity index (χ0n) is 7.80. The van der Waals surface area contributed by atoms with Gasteiger partial charge in [0.05, 0.1) is 5.33 Å². The van der Waals surface area contributed by atoms with E-state index in [2.05, 4.69) is 20.9 Å². The highest BCUT2D eigenvalue weighted by molar-refractivity contribution is 9.09. The van der Waals surface area contributed by atoms with Gasteiger partial charge in [0.25, 0.3) is 0 Å². The summed E-state index contributed by atoms with van der Waals surface area (Å²) in [6.07, 6.45) is 0. The number of benzene rings is 1. The molecule has 3 heteroatoms. The van der Waals surface area contributed by atoms with Crippen molar-refractivity contribution in [1.82, 2.24) is 4.98 Å². The first-order valence-electron chi connectivity index (χ1n) is 4.40. The van der Waals surface area contributed by atoms with Crippen molar-refractivity contribution in [3.63, 3.8) is 0 Å². The molecule has 2 nitrogen and oxygen atoms in total. The number of hydrogen-bond acceptors (Lipinski definition) is 1. The second-order valence-electron chi connectivity index (χ2n) is 3.23. The normalized spacial score (nSPS) is 10.7. The Morgan fingerprint density at radius 3 is 2.86 bits per heavy atom. The van der Waals surface area contributed by atoms with Crippen LogP contribution in [0.2, 0.25) is 0 Å². The van der Waals surface area contributed by atoms with Crippen molar-refractivity contribution in [2.75, 3.05) is 5.33 Å². The molecule has 0 radical (unpaired) electrons. The Hall–Kier alpha value is -1.09. The molecule has 0 atom stereocenters. The molecule has 72 valence electrons. The van der Waals surface area contributed by atoms with Gasteiger partial charge >= 0.3 is 0 Å². The fourth-order valence-corrected chi connectivity index (χ4v) is 1.98. The van der Waals surface area contributed by atoms with E-state index in [0.29, 0.717) is 5.33 Å². The molecule has 0 fully saturated rings. The van der Waals surface area contributed by atoms with E-state index in [1.807, 2.05) is 31.2 Å². The molecule has 0 unspecified atom stereocenters. The molecule has 0 aliphatic rings. The maximum atomic E-state index is 11.6. The summed E-state index contributed by atoms with van der Waals surface area (Å²) in [6, 6.07) is 7.85. The van der Waals surface area contributed by atoms with Gasteiger partial charge in [-0.3, -0.25) is 4.79 Å². The van der Waals surface area contributed by atoms with Crippen LogP contribution in [0, 0.1) is 6.92 Å². The van der Waals surface area contributed by atoms with Crippen molar-refractivity contribution in [2.24, 2.45) is 0 Å². The van der Waals surface area contributed by atoms with Crippen LogP contribution in [0.15, 0.2) is 24.3 Å². The summed E-state index contributed by atoms with van der Waals surface area (Å²) < 4.78 is 0. The Morgan fingerprint density at radius 2 is 2.14 bits per heavy atom. The third-order valence-electron chi connectivity index (χ3n) is 2.29. The molecule has 1 aromatic heterocycles.